The summed E-state index contributed by atoms with van der Waals surface area (Å²) in [6.45, 7) is 0. The van der Waals surface area contributed by atoms with Gasteiger partial charge in [0, 0.05) is 39.4 Å². The minimum Gasteiger partial charge on any atom is -0.455 e. The zero-order valence-corrected chi connectivity index (χ0v) is 27.5. The number of hydrogen-bond donors (Lipinski definition) is 0. The second kappa shape index (κ2) is 9.71. The van der Waals surface area contributed by atoms with Gasteiger partial charge in [-0.25, -0.2) is 4.98 Å². The minimum absolute atomic E-state index is 0.346. The summed E-state index contributed by atoms with van der Waals surface area (Å²) < 4.78 is 9.08. The molecule has 2 aliphatic carbocycles. The number of benzene rings is 7. The normalized spacial score (nSPS) is 13.6. The molecule has 3 heterocycles. The van der Waals surface area contributed by atoms with E-state index in [1.165, 1.54) is 49.9 Å². The quantitative estimate of drug-likeness (QED) is 0.187. The average molecular weight is 649 g/mol. The van der Waals surface area contributed by atoms with Gasteiger partial charge in [0.25, 0.3) is 0 Å². The molecule has 3 nitrogen and oxygen atoms in total. The van der Waals surface area contributed by atoms with Crippen molar-refractivity contribution in [3.8, 4) is 39.1 Å². The zero-order chi connectivity index (χ0) is 33.3. The second-order valence-corrected chi connectivity index (χ2v) is 13.8. The van der Waals surface area contributed by atoms with Crippen molar-refractivity contribution in [1.29, 1.82) is 0 Å². The fourth-order valence-electron chi connectivity index (χ4n) is 9.48. The summed E-state index contributed by atoms with van der Waals surface area (Å²) in [6, 6.07) is 59.7. The number of pyridine rings is 1. The van der Waals surface area contributed by atoms with E-state index < -0.39 is 0 Å². The van der Waals surface area contributed by atoms with Crippen LogP contribution in [-0.2, 0) is 5.41 Å². The Balaban J connectivity index is 1.06. The highest BCUT2D eigenvalue weighted by Gasteiger charge is 2.51. The van der Waals surface area contributed by atoms with E-state index in [1.54, 1.807) is 0 Å². The van der Waals surface area contributed by atoms with Gasteiger partial charge in [-0.05, 0) is 86.5 Å². The van der Waals surface area contributed by atoms with Gasteiger partial charge in [0.2, 0.25) is 0 Å². The third-order valence-electron chi connectivity index (χ3n) is 11.5. The van der Waals surface area contributed by atoms with Crippen LogP contribution < -0.4 is 0 Å². The first kappa shape index (κ1) is 27.2. The van der Waals surface area contributed by atoms with Crippen molar-refractivity contribution >= 4 is 43.9 Å². The maximum Gasteiger partial charge on any atom is 0.145 e. The van der Waals surface area contributed by atoms with Crippen LogP contribution in [-0.4, -0.2) is 9.55 Å². The molecule has 0 fully saturated rings. The Morgan fingerprint density at radius 3 is 1.86 bits per heavy atom. The number of rotatable bonds is 2. The van der Waals surface area contributed by atoms with Crippen molar-refractivity contribution in [3.63, 3.8) is 0 Å². The van der Waals surface area contributed by atoms with Crippen molar-refractivity contribution in [3.05, 3.63) is 192 Å². The fraction of sp³-hybridized carbons (Fsp3) is 0.0208. The number of aromatic nitrogens is 2. The fourth-order valence-corrected chi connectivity index (χ4v) is 9.48. The summed E-state index contributed by atoms with van der Waals surface area (Å²) in [7, 11) is 0. The Morgan fingerprint density at radius 1 is 0.451 bits per heavy atom. The Labute approximate surface area is 293 Å². The van der Waals surface area contributed by atoms with Gasteiger partial charge in [-0.15, -0.1) is 0 Å². The lowest BCUT2D eigenvalue weighted by Crippen LogP contribution is -2.25. The lowest BCUT2D eigenvalue weighted by atomic mass is 9.70. The van der Waals surface area contributed by atoms with Gasteiger partial charge >= 0.3 is 0 Å². The largest absolute Gasteiger partial charge is 0.455 e. The monoisotopic (exact) mass is 648 g/mol. The Morgan fingerprint density at radius 2 is 1.08 bits per heavy atom. The highest BCUT2D eigenvalue weighted by Crippen LogP contribution is 2.63. The van der Waals surface area contributed by atoms with Crippen LogP contribution >= 0.6 is 0 Å². The number of fused-ring (bicyclic) bond motifs is 16. The van der Waals surface area contributed by atoms with Crippen molar-refractivity contribution in [2.45, 2.75) is 5.41 Å². The number of para-hydroxylation sites is 2. The van der Waals surface area contributed by atoms with Crippen LogP contribution in [0.5, 0.6) is 0 Å². The van der Waals surface area contributed by atoms with Crippen molar-refractivity contribution in [1.82, 2.24) is 9.55 Å². The first-order valence-electron chi connectivity index (χ1n) is 17.5. The molecule has 0 bridgehead atoms. The van der Waals surface area contributed by atoms with E-state index in [9.17, 15) is 0 Å². The standard InChI is InChI=1S/C48H28N2O/c1-5-18-40-32(11-1)33-12-2-6-19-41(33)48(40)42-20-7-3-13-34(42)39-27-29(22-25-43(39)48)31-15-9-16-37-36-24-23-30(28-45(36)51-46(31)37)50-44-21-8-4-14-35(44)38-17-10-26-49-47(38)50/h1-28H. The van der Waals surface area contributed by atoms with E-state index >= 15 is 0 Å². The van der Waals surface area contributed by atoms with Crippen LogP contribution in [0.1, 0.15) is 22.3 Å². The molecule has 0 aliphatic heterocycles. The number of furan rings is 1. The average Bonchev–Trinajstić information content (AvgIpc) is 3.91. The van der Waals surface area contributed by atoms with E-state index in [2.05, 4.69) is 162 Å². The van der Waals surface area contributed by atoms with Crippen molar-refractivity contribution in [2.24, 2.45) is 0 Å². The van der Waals surface area contributed by atoms with Gasteiger partial charge in [-0.3, -0.25) is 4.57 Å². The molecule has 236 valence electrons. The van der Waals surface area contributed by atoms with Gasteiger partial charge in [0.05, 0.1) is 16.6 Å². The van der Waals surface area contributed by atoms with E-state index in [4.69, 9.17) is 9.40 Å². The molecule has 7 aromatic carbocycles. The third kappa shape index (κ3) is 3.36. The summed E-state index contributed by atoms with van der Waals surface area (Å²) >= 11 is 0. The molecular formula is C48H28N2O. The Hall–Kier alpha value is -6.71. The van der Waals surface area contributed by atoms with Crippen LogP contribution in [0.2, 0.25) is 0 Å². The zero-order valence-electron chi connectivity index (χ0n) is 27.5. The van der Waals surface area contributed by atoms with E-state index in [0.29, 0.717) is 0 Å². The molecule has 3 aromatic heterocycles. The van der Waals surface area contributed by atoms with Gasteiger partial charge < -0.3 is 4.42 Å². The summed E-state index contributed by atoms with van der Waals surface area (Å²) in [5.74, 6) is 0. The summed E-state index contributed by atoms with van der Waals surface area (Å²) in [4.78, 5) is 4.80. The molecule has 0 radical (unpaired) electrons. The number of nitrogens with zero attached hydrogens (tertiary/aromatic N) is 2. The van der Waals surface area contributed by atoms with E-state index in [-0.39, 0.29) is 5.41 Å². The summed E-state index contributed by atoms with van der Waals surface area (Å²) in [5.41, 5.74) is 17.4. The molecule has 51 heavy (non-hydrogen) atoms. The lowest BCUT2D eigenvalue weighted by molar-refractivity contribution is 0.669. The van der Waals surface area contributed by atoms with Gasteiger partial charge in [0.15, 0.2) is 0 Å². The van der Waals surface area contributed by atoms with E-state index in [1.807, 2.05) is 12.3 Å². The molecule has 1 spiro atoms. The van der Waals surface area contributed by atoms with Gasteiger partial charge in [0.1, 0.15) is 16.8 Å². The van der Waals surface area contributed by atoms with Crippen LogP contribution in [0.3, 0.4) is 0 Å². The molecule has 0 N–H and O–H groups in total. The smallest absolute Gasteiger partial charge is 0.145 e. The maximum absolute atomic E-state index is 6.84. The number of hydrogen-bond acceptors (Lipinski definition) is 2. The molecule has 0 amide bonds. The molecule has 0 saturated carbocycles. The van der Waals surface area contributed by atoms with E-state index in [0.717, 1.165) is 55.3 Å². The first-order valence-corrected chi connectivity index (χ1v) is 17.5. The van der Waals surface area contributed by atoms with Crippen LogP contribution in [0, 0.1) is 0 Å². The topological polar surface area (TPSA) is 31.0 Å². The third-order valence-corrected chi connectivity index (χ3v) is 11.5. The van der Waals surface area contributed by atoms with Crippen LogP contribution in [0.25, 0.3) is 82.9 Å². The molecule has 12 rings (SSSR count). The Kier molecular flexibility index (Phi) is 5.17. The lowest BCUT2D eigenvalue weighted by Gasteiger charge is -2.30. The molecule has 10 aromatic rings. The predicted molar refractivity (Wildman–Crippen MR) is 208 cm³/mol. The molecule has 0 unspecified atom stereocenters. The Bertz CT molecular complexity index is 3010. The van der Waals surface area contributed by atoms with Crippen LogP contribution in [0.4, 0.5) is 0 Å². The highest BCUT2D eigenvalue weighted by molar-refractivity contribution is 6.11. The molecular weight excluding hydrogens is 621 g/mol. The highest BCUT2D eigenvalue weighted by atomic mass is 16.3. The summed E-state index contributed by atoms with van der Waals surface area (Å²) in [6.07, 6.45) is 1.87. The van der Waals surface area contributed by atoms with Crippen LogP contribution in [0.15, 0.2) is 174 Å². The first-order chi connectivity index (χ1) is 25.3. The van der Waals surface area contributed by atoms with Crippen molar-refractivity contribution < 1.29 is 4.42 Å². The molecule has 0 saturated heterocycles. The summed E-state index contributed by atoms with van der Waals surface area (Å²) in [5, 5.41) is 4.56. The minimum atomic E-state index is -0.346. The predicted octanol–water partition coefficient (Wildman–Crippen LogP) is 12.1. The van der Waals surface area contributed by atoms with Gasteiger partial charge in [-0.1, -0.05) is 121 Å². The molecule has 2 aliphatic rings. The second-order valence-electron chi connectivity index (χ2n) is 13.8. The molecule has 3 heteroatoms. The molecule has 0 atom stereocenters. The van der Waals surface area contributed by atoms with Crippen molar-refractivity contribution in [2.75, 3.05) is 0 Å². The SMILES string of the molecule is c1ccc2c(c1)-c1ccccc1C21c2ccccc2-c2cc(-c3cccc4c3oc3cc(-n5c6ccccc6c6cccnc65)ccc34)ccc21. The van der Waals surface area contributed by atoms with Gasteiger partial charge in [-0.2, -0.15) is 0 Å². The maximum atomic E-state index is 6.84.